The minimum atomic E-state index is 0.0180. The molecule has 5 rings (SSSR count). The van der Waals surface area contributed by atoms with Gasteiger partial charge in [0.1, 0.15) is 0 Å². The number of nitrogens with zero attached hydrogens (tertiary/aromatic N) is 8. The molecule has 0 atom stereocenters. The van der Waals surface area contributed by atoms with Crippen molar-refractivity contribution in [2.24, 2.45) is 0 Å². The molecule has 162 valence electrons. The van der Waals surface area contributed by atoms with Crippen molar-refractivity contribution in [2.45, 2.75) is 13.8 Å². The second-order valence-electron chi connectivity index (χ2n) is 7.80. The van der Waals surface area contributed by atoms with Gasteiger partial charge in [-0.25, -0.2) is 4.68 Å². The fraction of sp³-hybridized carbons (Fsp3) is 0.261. The summed E-state index contributed by atoms with van der Waals surface area (Å²) in [5.74, 6) is 0.706. The van der Waals surface area contributed by atoms with Gasteiger partial charge in [-0.1, -0.05) is 41.5 Å². The van der Waals surface area contributed by atoms with Crippen LogP contribution in [0, 0.1) is 13.8 Å². The van der Waals surface area contributed by atoms with Crippen molar-refractivity contribution in [3.63, 3.8) is 0 Å². The molecule has 1 saturated heterocycles. The molecule has 1 aliphatic rings. The third-order valence-corrected chi connectivity index (χ3v) is 5.81. The van der Waals surface area contributed by atoms with Gasteiger partial charge < -0.3 is 9.80 Å². The molecule has 9 heteroatoms. The van der Waals surface area contributed by atoms with E-state index in [2.05, 4.69) is 25.5 Å². The van der Waals surface area contributed by atoms with Gasteiger partial charge in [0.15, 0.2) is 0 Å². The summed E-state index contributed by atoms with van der Waals surface area (Å²) in [4.78, 5) is 17.4. The quantitative estimate of drug-likeness (QED) is 0.496. The third kappa shape index (κ3) is 3.51. The van der Waals surface area contributed by atoms with Gasteiger partial charge in [0, 0.05) is 26.2 Å². The van der Waals surface area contributed by atoms with E-state index in [0.29, 0.717) is 37.7 Å². The first-order valence-electron chi connectivity index (χ1n) is 10.6. The number of anilines is 1. The summed E-state index contributed by atoms with van der Waals surface area (Å²) in [5.41, 5.74) is 4.13. The number of para-hydroxylation sites is 2. The number of tetrazole rings is 1. The van der Waals surface area contributed by atoms with Gasteiger partial charge in [-0.3, -0.25) is 4.79 Å². The summed E-state index contributed by atoms with van der Waals surface area (Å²) in [5, 5.41) is 16.8. The van der Waals surface area contributed by atoms with Gasteiger partial charge in [-0.05, 0) is 48.5 Å². The average molecular weight is 429 g/mol. The van der Waals surface area contributed by atoms with Crippen LogP contribution in [0.1, 0.15) is 21.7 Å². The smallest absolute Gasteiger partial charge is 0.257 e. The number of hydrogen-bond donors (Lipinski definition) is 0. The Morgan fingerprint density at radius 3 is 2.03 bits per heavy atom. The predicted molar refractivity (Wildman–Crippen MR) is 120 cm³/mol. The van der Waals surface area contributed by atoms with Gasteiger partial charge in [-0.15, -0.1) is 0 Å². The molecule has 0 spiro atoms. The molecule has 0 unspecified atom stereocenters. The zero-order valence-corrected chi connectivity index (χ0v) is 18.1. The Morgan fingerprint density at radius 1 is 0.812 bits per heavy atom. The minimum Gasteiger partial charge on any atom is -0.336 e. The highest BCUT2D eigenvalue weighted by molar-refractivity contribution is 5.96. The number of hydrogen-bond acceptors (Lipinski definition) is 6. The highest BCUT2D eigenvalue weighted by Gasteiger charge is 2.29. The largest absolute Gasteiger partial charge is 0.336 e. The number of benzene rings is 2. The van der Waals surface area contributed by atoms with E-state index >= 15 is 0 Å². The Balaban J connectivity index is 1.32. The van der Waals surface area contributed by atoms with Crippen molar-refractivity contribution in [1.82, 2.24) is 34.9 Å². The number of rotatable bonds is 4. The Hall–Kier alpha value is -4.01. The molecule has 0 bridgehead atoms. The molecule has 1 aliphatic heterocycles. The van der Waals surface area contributed by atoms with E-state index in [-0.39, 0.29) is 5.91 Å². The predicted octanol–water partition coefficient (Wildman–Crippen LogP) is 2.43. The molecule has 2 aromatic heterocycles. The summed E-state index contributed by atoms with van der Waals surface area (Å²) in [6.07, 6.45) is 0. The number of carbonyl (C=O) groups is 1. The van der Waals surface area contributed by atoms with Crippen LogP contribution >= 0.6 is 0 Å². The van der Waals surface area contributed by atoms with Crippen LogP contribution in [-0.4, -0.2) is 67.0 Å². The Morgan fingerprint density at radius 2 is 1.41 bits per heavy atom. The van der Waals surface area contributed by atoms with E-state index in [1.807, 2.05) is 84.1 Å². The molecule has 0 radical (unpaired) electrons. The molecule has 32 heavy (non-hydrogen) atoms. The molecule has 0 saturated carbocycles. The molecule has 3 heterocycles. The highest BCUT2D eigenvalue weighted by atomic mass is 16.2. The lowest BCUT2D eigenvalue weighted by atomic mass is 10.1. The fourth-order valence-corrected chi connectivity index (χ4v) is 4.16. The normalized spacial score (nSPS) is 14.1. The number of aromatic nitrogens is 6. The summed E-state index contributed by atoms with van der Waals surface area (Å²) >= 11 is 0. The van der Waals surface area contributed by atoms with E-state index in [4.69, 9.17) is 0 Å². The highest BCUT2D eigenvalue weighted by Crippen LogP contribution is 2.22. The van der Waals surface area contributed by atoms with Crippen LogP contribution in [0.4, 0.5) is 5.95 Å². The fourth-order valence-electron chi connectivity index (χ4n) is 4.16. The number of carbonyl (C=O) groups excluding carboxylic acids is 1. The van der Waals surface area contributed by atoms with Crippen molar-refractivity contribution in [3.05, 3.63) is 77.6 Å². The number of piperazine rings is 1. The third-order valence-electron chi connectivity index (χ3n) is 5.81. The first-order chi connectivity index (χ1) is 15.6. The van der Waals surface area contributed by atoms with Crippen LogP contribution in [0.5, 0.6) is 0 Å². The second kappa shape index (κ2) is 8.26. The second-order valence-corrected chi connectivity index (χ2v) is 7.80. The standard InChI is InChI=1S/C23H24N8O/c1-17-21(18(2)30(25-17)19-9-5-3-6-10-19)22(32)28-13-15-29(16-14-28)23-24-26-27-31(23)20-11-7-4-8-12-20/h3-12H,13-16H2,1-2H3. The average Bonchev–Trinajstić information content (AvgIpc) is 3.44. The van der Waals surface area contributed by atoms with E-state index in [1.54, 1.807) is 4.68 Å². The number of amides is 1. The van der Waals surface area contributed by atoms with Gasteiger partial charge in [0.2, 0.25) is 5.95 Å². The van der Waals surface area contributed by atoms with Crippen LogP contribution in [0.2, 0.25) is 0 Å². The first kappa shape index (κ1) is 19.9. The van der Waals surface area contributed by atoms with Crippen LogP contribution in [0.3, 0.4) is 0 Å². The van der Waals surface area contributed by atoms with Gasteiger partial charge in [0.05, 0.1) is 28.3 Å². The van der Waals surface area contributed by atoms with Gasteiger partial charge in [-0.2, -0.15) is 9.78 Å². The van der Waals surface area contributed by atoms with Gasteiger partial charge >= 0.3 is 0 Å². The van der Waals surface area contributed by atoms with E-state index in [9.17, 15) is 4.79 Å². The van der Waals surface area contributed by atoms with E-state index in [0.717, 1.165) is 22.8 Å². The summed E-state index contributed by atoms with van der Waals surface area (Å²) in [7, 11) is 0. The molecule has 4 aromatic rings. The van der Waals surface area contributed by atoms with Crippen LogP contribution < -0.4 is 4.90 Å². The molecule has 1 amide bonds. The lowest BCUT2D eigenvalue weighted by molar-refractivity contribution is 0.0744. The summed E-state index contributed by atoms with van der Waals surface area (Å²) in [6, 6.07) is 19.7. The summed E-state index contributed by atoms with van der Waals surface area (Å²) in [6.45, 7) is 6.34. The maximum atomic E-state index is 13.4. The molecule has 0 N–H and O–H groups in total. The topological polar surface area (TPSA) is 85.0 Å². The number of aryl methyl sites for hydroxylation is 1. The van der Waals surface area contributed by atoms with E-state index < -0.39 is 0 Å². The maximum absolute atomic E-state index is 13.4. The van der Waals surface area contributed by atoms with Crippen molar-refractivity contribution < 1.29 is 4.79 Å². The van der Waals surface area contributed by atoms with E-state index in [1.165, 1.54) is 0 Å². The monoisotopic (exact) mass is 428 g/mol. The SMILES string of the molecule is Cc1nn(-c2ccccc2)c(C)c1C(=O)N1CCN(c2nnnn2-c2ccccc2)CC1. The van der Waals surface area contributed by atoms with Crippen molar-refractivity contribution in [1.29, 1.82) is 0 Å². The van der Waals surface area contributed by atoms with Crippen LogP contribution in [0.15, 0.2) is 60.7 Å². The maximum Gasteiger partial charge on any atom is 0.257 e. The molecular formula is C23H24N8O. The van der Waals surface area contributed by atoms with Crippen molar-refractivity contribution >= 4 is 11.9 Å². The summed E-state index contributed by atoms with van der Waals surface area (Å²) < 4.78 is 3.57. The Labute approximate surface area is 185 Å². The lowest BCUT2D eigenvalue weighted by Gasteiger charge is -2.34. The zero-order valence-electron chi connectivity index (χ0n) is 18.1. The van der Waals surface area contributed by atoms with Crippen molar-refractivity contribution in [3.8, 4) is 11.4 Å². The zero-order chi connectivity index (χ0) is 22.1. The van der Waals surface area contributed by atoms with Crippen molar-refractivity contribution in [2.75, 3.05) is 31.1 Å². The molecular weight excluding hydrogens is 404 g/mol. The molecule has 1 fully saturated rings. The Bertz CT molecular complexity index is 1220. The lowest BCUT2D eigenvalue weighted by Crippen LogP contribution is -2.49. The first-order valence-corrected chi connectivity index (χ1v) is 10.6. The molecule has 9 nitrogen and oxygen atoms in total. The van der Waals surface area contributed by atoms with Gasteiger partial charge in [0.25, 0.3) is 5.91 Å². The minimum absolute atomic E-state index is 0.0180. The van der Waals surface area contributed by atoms with Crippen LogP contribution in [0.25, 0.3) is 11.4 Å². The molecule has 2 aromatic carbocycles. The van der Waals surface area contributed by atoms with Crippen LogP contribution in [-0.2, 0) is 0 Å². The molecule has 0 aliphatic carbocycles. The Kier molecular flexibility index (Phi) is 5.14.